The average molecular weight is 478 g/mol. The zero-order valence-corrected chi connectivity index (χ0v) is 18.4. The molecule has 3 rings (SSSR count). The minimum atomic E-state index is -4.43. The van der Waals surface area contributed by atoms with Gasteiger partial charge >= 0.3 is 6.18 Å². The molecular weight excluding hydrogens is 455 g/mol. The number of nitrogens with zero attached hydrogens (tertiary/aromatic N) is 2. The summed E-state index contributed by atoms with van der Waals surface area (Å²) >= 11 is 0. The Balaban J connectivity index is 0.00000341. The van der Waals surface area contributed by atoms with Gasteiger partial charge in [0.15, 0.2) is 0 Å². The third-order valence-electron chi connectivity index (χ3n) is 4.87. The van der Waals surface area contributed by atoms with E-state index < -0.39 is 21.8 Å². The van der Waals surface area contributed by atoms with E-state index in [-0.39, 0.29) is 49.4 Å². The molecule has 1 N–H and O–H groups in total. The highest BCUT2D eigenvalue weighted by Gasteiger charge is 2.32. The molecular formula is C20H23ClF3N3O3S. The van der Waals surface area contributed by atoms with Gasteiger partial charge in [0.2, 0.25) is 15.9 Å². The van der Waals surface area contributed by atoms with Crippen molar-refractivity contribution in [2.75, 3.05) is 36.4 Å². The van der Waals surface area contributed by atoms with Gasteiger partial charge in [0.25, 0.3) is 0 Å². The maximum absolute atomic E-state index is 12.9. The highest BCUT2D eigenvalue weighted by atomic mass is 35.5. The Labute approximate surface area is 185 Å². The van der Waals surface area contributed by atoms with Crippen molar-refractivity contribution in [3.63, 3.8) is 0 Å². The summed E-state index contributed by atoms with van der Waals surface area (Å²) in [6, 6.07) is 10.9. The number of benzene rings is 2. The second-order valence-electron chi connectivity index (χ2n) is 6.87. The maximum Gasteiger partial charge on any atom is 0.416 e. The minimum Gasteiger partial charge on any atom is -0.369 e. The number of halogens is 4. The largest absolute Gasteiger partial charge is 0.416 e. The van der Waals surface area contributed by atoms with E-state index in [2.05, 4.69) is 5.32 Å². The molecule has 0 saturated carbocycles. The van der Waals surface area contributed by atoms with Crippen LogP contribution in [0.15, 0.2) is 53.4 Å². The maximum atomic E-state index is 12.9. The van der Waals surface area contributed by atoms with Gasteiger partial charge < -0.3 is 10.2 Å². The van der Waals surface area contributed by atoms with Gasteiger partial charge in [-0.05, 0) is 42.5 Å². The summed E-state index contributed by atoms with van der Waals surface area (Å²) in [5.74, 6) is -0.170. The molecule has 2 aromatic carbocycles. The first kappa shape index (κ1) is 25.0. The predicted molar refractivity (Wildman–Crippen MR) is 115 cm³/mol. The van der Waals surface area contributed by atoms with E-state index in [0.717, 1.165) is 12.1 Å². The van der Waals surface area contributed by atoms with Crippen LogP contribution in [0.4, 0.5) is 24.5 Å². The fourth-order valence-corrected chi connectivity index (χ4v) is 4.60. The Morgan fingerprint density at radius 1 is 1.03 bits per heavy atom. The second-order valence-corrected chi connectivity index (χ2v) is 8.80. The van der Waals surface area contributed by atoms with Crippen molar-refractivity contribution in [3.05, 3.63) is 54.1 Å². The molecule has 6 nitrogen and oxygen atoms in total. The van der Waals surface area contributed by atoms with Crippen molar-refractivity contribution in [1.29, 1.82) is 0 Å². The number of carbonyl (C=O) groups excluding carboxylic acids is 1. The summed E-state index contributed by atoms with van der Waals surface area (Å²) < 4.78 is 65.9. The number of anilines is 2. The molecule has 1 saturated heterocycles. The van der Waals surface area contributed by atoms with Crippen LogP contribution < -0.4 is 10.2 Å². The molecule has 1 aliphatic rings. The Morgan fingerprint density at radius 3 is 2.19 bits per heavy atom. The summed E-state index contributed by atoms with van der Waals surface area (Å²) in [4.78, 5) is 13.3. The smallest absolute Gasteiger partial charge is 0.369 e. The molecule has 1 aliphatic heterocycles. The number of hydrogen-bond donors (Lipinski definition) is 1. The Bertz CT molecular complexity index is 1010. The number of hydrogen-bond acceptors (Lipinski definition) is 4. The van der Waals surface area contributed by atoms with E-state index in [4.69, 9.17) is 0 Å². The Kier molecular flexibility index (Phi) is 7.96. The Morgan fingerprint density at radius 2 is 1.65 bits per heavy atom. The van der Waals surface area contributed by atoms with E-state index in [9.17, 15) is 26.4 Å². The summed E-state index contributed by atoms with van der Waals surface area (Å²) in [6.45, 7) is 2.60. The van der Waals surface area contributed by atoms with Gasteiger partial charge in [0, 0.05) is 44.0 Å². The number of carbonyl (C=O) groups is 1. The van der Waals surface area contributed by atoms with Crippen LogP contribution >= 0.6 is 12.4 Å². The number of rotatable bonds is 5. The predicted octanol–water partition coefficient (Wildman–Crippen LogP) is 3.99. The number of nitrogens with one attached hydrogen (secondary N) is 1. The van der Waals surface area contributed by atoms with Gasteiger partial charge in [-0.1, -0.05) is 13.0 Å². The molecule has 0 aliphatic carbocycles. The van der Waals surface area contributed by atoms with E-state index in [1.54, 1.807) is 17.9 Å². The molecule has 0 atom stereocenters. The lowest BCUT2D eigenvalue weighted by Crippen LogP contribution is -2.48. The first-order valence-electron chi connectivity index (χ1n) is 9.43. The highest BCUT2D eigenvalue weighted by molar-refractivity contribution is 7.89. The number of alkyl halides is 3. The highest BCUT2D eigenvalue weighted by Crippen LogP contribution is 2.32. The quantitative estimate of drug-likeness (QED) is 0.707. The van der Waals surface area contributed by atoms with Crippen molar-refractivity contribution >= 4 is 39.7 Å². The van der Waals surface area contributed by atoms with Gasteiger partial charge in [-0.3, -0.25) is 4.79 Å². The normalized spacial score (nSPS) is 15.3. The van der Waals surface area contributed by atoms with Crippen molar-refractivity contribution in [3.8, 4) is 0 Å². The second kappa shape index (κ2) is 9.88. The van der Waals surface area contributed by atoms with Crippen LogP contribution in [0.2, 0.25) is 0 Å². The number of piperazine rings is 1. The van der Waals surface area contributed by atoms with Crippen molar-refractivity contribution in [1.82, 2.24) is 4.31 Å². The van der Waals surface area contributed by atoms with Crippen LogP contribution in [-0.4, -0.2) is 44.8 Å². The molecule has 2 aromatic rings. The monoisotopic (exact) mass is 477 g/mol. The molecule has 1 heterocycles. The van der Waals surface area contributed by atoms with E-state index in [1.165, 1.54) is 34.6 Å². The zero-order valence-electron chi connectivity index (χ0n) is 16.7. The molecule has 1 fully saturated rings. The Hall–Kier alpha value is -2.30. The lowest BCUT2D eigenvalue weighted by molar-refractivity contribution is -0.137. The zero-order chi connectivity index (χ0) is 21.9. The summed E-state index contributed by atoms with van der Waals surface area (Å²) in [5, 5.41) is 2.65. The first-order valence-corrected chi connectivity index (χ1v) is 10.9. The lowest BCUT2D eigenvalue weighted by atomic mass is 10.1. The molecule has 0 radical (unpaired) electrons. The van der Waals surface area contributed by atoms with Gasteiger partial charge in [-0.15, -0.1) is 12.4 Å². The van der Waals surface area contributed by atoms with Crippen molar-refractivity contribution in [2.45, 2.75) is 24.4 Å². The third kappa shape index (κ3) is 5.90. The van der Waals surface area contributed by atoms with Crippen LogP contribution in [0.3, 0.4) is 0 Å². The molecule has 31 heavy (non-hydrogen) atoms. The van der Waals surface area contributed by atoms with Crippen LogP contribution in [0.25, 0.3) is 0 Å². The number of amides is 1. The average Bonchev–Trinajstić information content (AvgIpc) is 2.73. The third-order valence-corrected chi connectivity index (χ3v) is 6.79. The molecule has 0 bridgehead atoms. The molecule has 0 spiro atoms. The number of sulfonamides is 1. The summed E-state index contributed by atoms with van der Waals surface area (Å²) in [7, 11) is -3.74. The van der Waals surface area contributed by atoms with Crippen LogP contribution in [-0.2, 0) is 21.0 Å². The standard InChI is InChI=1S/C20H22F3N3O3S.ClH/c1-2-19(27)24-16-6-8-18(9-7-16)30(28,29)26-12-10-25(11-13-26)17-5-3-4-15(14-17)20(21,22)23;/h3-9,14H,2,10-13H2,1H3,(H,24,27);1H. The molecule has 11 heteroatoms. The molecule has 170 valence electrons. The van der Waals surface area contributed by atoms with Crippen molar-refractivity contribution in [2.24, 2.45) is 0 Å². The summed E-state index contributed by atoms with van der Waals surface area (Å²) in [6.07, 6.45) is -4.11. The van der Waals surface area contributed by atoms with E-state index >= 15 is 0 Å². The minimum absolute atomic E-state index is 0. The molecule has 1 amide bonds. The van der Waals surface area contributed by atoms with E-state index in [1.807, 2.05) is 0 Å². The lowest BCUT2D eigenvalue weighted by Gasteiger charge is -2.35. The summed E-state index contributed by atoms with van der Waals surface area (Å²) in [5.41, 5.74) is 0.193. The van der Waals surface area contributed by atoms with Crippen LogP contribution in [0, 0.1) is 0 Å². The van der Waals surface area contributed by atoms with Gasteiger partial charge in [0.1, 0.15) is 0 Å². The van der Waals surface area contributed by atoms with Crippen molar-refractivity contribution < 1.29 is 26.4 Å². The topological polar surface area (TPSA) is 69.7 Å². The van der Waals surface area contributed by atoms with Gasteiger partial charge in [-0.2, -0.15) is 17.5 Å². The van der Waals surface area contributed by atoms with E-state index in [0.29, 0.717) is 17.8 Å². The van der Waals surface area contributed by atoms with Gasteiger partial charge in [0.05, 0.1) is 10.5 Å². The van der Waals surface area contributed by atoms with Crippen LogP contribution in [0.5, 0.6) is 0 Å². The van der Waals surface area contributed by atoms with Gasteiger partial charge in [-0.25, -0.2) is 8.42 Å². The fraction of sp³-hybridized carbons (Fsp3) is 0.350. The fourth-order valence-electron chi connectivity index (χ4n) is 3.17. The van der Waals surface area contributed by atoms with Crippen LogP contribution in [0.1, 0.15) is 18.9 Å². The first-order chi connectivity index (χ1) is 14.1. The molecule has 0 unspecified atom stereocenters. The SMILES string of the molecule is CCC(=O)Nc1ccc(S(=O)(=O)N2CCN(c3cccc(C(F)(F)F)c3)CC2)cc1.Cl. The molecule has 0 aromatic heterocycles.